The maximum absolute atomic E-state index is 11.1. The Morgan fingerprint density at radius 3 is 2.63 bits per heavy atom. The molecule has 2 rings (SSSR count). The summed E-state index contributed by atoms with van der Waals surface area (Å²) in [7, 11) is 0. The highest BCUT2D eigenvalue weighted by molar-refractivity contribution is 5.92. The molecular formula is C12H18N2O5. The number of primary amides is 1. The van der Waals surface area contributed by atoms with Crippen molar-refractivity contribution in [1.29, 1.82) is 0 Å². The van der Waals surface area contributed by atoms with Gasteiger partial charge in [0.2, 0.25) is 0 Å². The second-order valence-electron chi connectivity index (χ2n) is 4.13. The molecule has 2 heterocycles. The van der Waals surface area contributed by atoms with Crippen molar-refractivity contribution >= 4 is 5.91 Å². The second-order valence-corrected chi connectivity index (χ2v) is 4.13. The molecule has 1 aliphatic heterocycles. The minimum Gasteiger partial charge on any atom is -0.394 e. The van der Waals surface area contributed by atoms with Crippen molar-refractivity contribution in [2.24, 2.45) is 5.73 Å². The van der Waals surface area contributed by atoms with Crippen LogP contribution in [0.15, 0.2) is 24.5 Å². The highest BCUT2D eigenvalue weighted by Gasteiger charge is 2.47. The molecule has 4 atom stereocenters. The third kappa shape index (κ3) is 2.90. The summed E-state index contributed by atoms with van der Waals surface area (Å²) in [6.07, 6.45) is -1.08. The third-order valence-corrected chi connectivity index (χ3v) is 2.92. The van der Waals surface area contributed by atoms with Gasteiger partial charge in [-0.05, 0) is 6.07 Å². The van der Waals surface area contributed by atoms with E-state index in [-0.39, 0.29) is 13.0 Å². The van der Waals surface area contributed by atoms with Crippen LogP contribution in [0.4, 0.5) is 0 Å². The molecule has 0 bridgehead atoms. The summed E-state index contributed by atoms with van der Waals surface area (Å²) in [6.45, 7) is -0.398. The molecule has 0 aliphatic carbocycles. The third-order valence-electron chi connectivity index (χ3n) is 2.92. The van der Waals surface area contributed by atoms with Gasteiger partial charge >= 0.3 is 0 Å². The summed E-state index contributed by atoms with van der Waals surface area (Å²) < 4.78 is 6.75. The van der Waals surface area contributed by atoms with Crippen molar-refractivity contribution in [3.05, 3.63) is 37.5 Å². The second kappa shape index (κ2) is 6.07. The van der Waals surface area contributed by atoms with Crippen LogP contribution in [-0.4, -0.2) is 46.1 Å². The summed E-state index contributed by atoms with van der Waals surface area (Å²) in [5.74, 6) is -0.601. The number of nitrogens with zero attached hydrogens (tertiary/aromatic N) is 1. The van der Waals surface area contributed by atoms with Crippen LogP contribution in [0.2, 0.25) is 0 Å². The fourth-order valence-corrected chi connectivity index (χ4v) is 1.92. The largest absolute Gasteiger partial charge is 0.394 e. The lowest BCUT2D eigenvalue weighted by Crippen LogP contribution is -2.46. The average Bonchev–Trinajstić information content (AvgIpc) is 2.66. The van der Waals surface area contributed by atoms with Gasteiger partial charge < -0.3 is 33.2 Å². The zero-order valence-electron chi connectivity index (χ0n) is 10.5. The van der Waals surface area contributed by atoms with Crippen molar-refractivity contribution in [2.75, 3.05) is 6.61 Å². The average molecular weight is 270 g/mol. The molecule has 1 unspecified atom stereocenters. The summed E-state index contributed by atoms with van der Waals surface area (Å²) in [4.78, 5) is 11.1. The predicted molar refractivity (Wildman–Crippen MR) is 64.6 cm³/mol. The number of rotatable bonds is 3. The SMILES string of the molecule is NC(=O)c1ccc[n+]([C@@H]2O[C@H](CO)[C@H](O)C2O)c1.[CH3-]. The summed E-state index contributed by atoms with van der Waals surface area (Å²) >= 11 is 0. The zero-order chi connectivity index (χ0) is 13.3. The molecule has 5 N–H and O–H groups in total. The van der Waals surface area contributed by atoms with Crippen LogP contribution >= 0.6 is 0 Å². The lowest BCUT2D eigenvalue weighted by Gasteiger charge is -2.09. The molecule has 106 valence electrons. The van der Waals surface area contributed by atoms with Crippen molar-refractivity contribution in [2.45, 2.75) is 24.5 Å². The molecule has 19 heavy (non-hydrogen) atoms. The number of aliphatic hydroxyl groups is 3. The van der Waals surface area contributed by atoms with Crippen LogP contribution < -0.4 is 10.3 Å². The van der Waals surface area contributed by atoms with Crippen LogP contribution in [0.1, 0.15) is 16.6 Å². The number of hydrogen-bond donors (Lipinski definition) is 4. The first kappa shape index (κ1) is 15.5. The molecule has 1 aromatic heterocycles. The van der Waals surface area contributed by atoms with Crippen LogP contribution in [0.5, 0.6) is 0 Å². The van der Waals surface area contributed by atoms with Gasteiger partial charge in [0.05, 0.1) is 6.61 Å². The number of nitrogens with two attached hydrogens (primary N) is 1. The first-order chi connectivity index (χ1) is 8.54. The standard InChI is InChI=1S/C11H14N2O5.CH3/c12-10(17)6-2-1-3-13(4-6)11-9(16)8(15)7(5-14)18-11;/h1-4,7-9,11,14-16H,5H2,(H-,12,17);1H3/q;-1/p+1/t7-,8+,9?,11-;/m1./s1. The lowest BCUT2D eigenvalue weighted by atomic mass is 10.1. The smallest absolute Gasteiger partial charge is 0.292 e. The minimum atomic E-state index is -1.18. The minimum absolute atomic E-state index is 0. The number of aliphatic hydroxyl groups excluding tert-OH is 3. The molecule has 1 saturated heterocycles. The molecule has 1 aliphatic rings. The van der Waals surface area contributed by atoms with Gasteiger partial charge in [-0.15, -0.1) is 0 Å². The highest BCUT2D eigenvalue weighted by atomic mass is 16.6. The van der Waals surface area contributed by atoms with Crippen LogP contribution in [-0.2, 0) is 4.74 Å². The van der Waals surface area contributed by atoms with Crippen molar-refractivity contribution < 1.29 is 29.4 Å². The molecule has 0 spiro atoms. The molecule has 1 amide bonds. The first-order valence-electron chi connectivity index (χ1n) is 5.47. The molecular weight excluding hydrogens is 252 g/mol. The molecule has 1 aromatic rings. The van der Waals surface area contributed by atoms with Gasteiger partial charge in [-0.3, -0.25) is 4.79 Å². The van der Waals surface area contributed by atoms with Gasteiger partial charge in [-0.2, -0.15) is 4.57 Å². The monoisotopic (exact) mass is 270 g/mol. The number of amides is 1. The van der Waals surface area contributed by atoms with Crippen LogP contribution in [0.25, 0.3) is 0 Å². The van der Waals surface area contributed by atoms with E-state index in [4.69, 9.17) is 15.6 Å². The Kier molecular flexibility index (Phi) is 4.96. The fourth-order valence-electron chi connectivity index (χ4n) is 1.92. The van der Waals surface area contributed by atoms with E-state index in [1.54, 1.807) is 12.3 Å². The Hall–Kier alpha value is -1.54. The van der Waals surface area contributed by atoms with E-state index >= 15 is 0 Å². The highest BCUT2D eigenvalue weighted by Crippen LogP contribution is 2.24. The summed E-state index contributed by atoms with van der Waals surface area (Å²) in [5, 5.41) is 28.4. The Bertz CT molecular complexity index is 454. The normalized spacial score (nSPS) is 29.8. The quantitative estimate of drug-likeness (QED) is 0.379. The maximum atomic E-state index is 11.1. The maximum Gasteiger partial charge on any atom is 0.292 e. The first-order valence-corrected chi connectivity index (χ1v) is 5.47. The van der Waals surface area contributed by atoms with Crippen LogP contribution in [0, 0.1) is 7.43 Å². The van der Waals surface area contributed by atoms with Gasteiger partial charge in [0, 0.05) is 6.07 Å². The Morgan fingerprint density at radius 2 is 2.11 bits per heavy atom. The summed E-state index contributed by atoms with van der Waals surface area (Å²) in [6, 6.07) is 3.11. The van der Waals surface area contributed by atoms with Crippen molar-refractivity contribution in [1.82, 2.24) is 0 Å². The van der Waals surface area contributed by atoms with E-state index in [1.165, 1.54) is 16.8 Å². The van der Waals surface area contributed by atoms with Crippen molar-refractivity contribution in [3.8, 4) is 0 Å². The lowest BCUT2D eigenvalue weighted by molar-refractivity contribution is -0.765. The number of ether oxygens (including phenoxy) is 1. The van der Waals surface area contributed by atoms with E-state index < -0.39 is 37.1 Å². The van der Waals surface area contributed by atoms with Gasteiger partial charge in [-0.25, -0.2) is 0 Å². The predicted octanol–water partition coefficient (Wildman–Crippen LogP) is -1.87. The van der Waals surface area contributed by atoms with Crippen LogP contribution in [0.3, 0.4) is 0 Å². The van der Waals surface area contributed by atoms with E-state index in [2.05, 4.69) is 0 Å². The Balaban J connectivity index is 0.00000180. The topological polar surface area (TPSA) is 117 Å². The number of carbonyl (C=O) groups excluding carboxylic acids is 1. The van der Waals surface area contributed by atoms with E-state index in [0.717, 1.165) is 0 Å². The molecule has 0 saturated carbocycles. The Morgan fingerprint density at radius 1 is 1.42 bits per heavy atom. The van der Waals surface area contributed by atoms with Crippen molar-refractivity contribution in [3.63, 3.8) is 0 Å². The zero-order valence-corrected chi connectivity index (χ0v) is 10.5. The molecule has 0 aromatic carbocycles. The fraction of sp³-hybridized carbons (Fsp3) is 0.417. The van der Waals surface area contributed by atoms with E-state index in [9.17, 15) is 15.0 Å². The van der Waals surface area contributed by atoms with Gasteiger partial charge in [-0.1, -0.05) is 0 Å². The molecule has 7 heteroatoms. The van der Waals surface area contributed by atoms with Gasteiger partial charge in [0.1, 0.15) is 17.8 Å². The molecule has 7 nitrogen and oxygen atoms in total. The van der Waals surface area contributed by atoms with E-state index in [1.807, 2.05) is 0 Å². The Labute approximate surface area is 110 Å². The van der Waals surface area contributed by atoms with Gasteiger partial charge in [0.25, 0.3) is 12.1 Å². The number of aromatic nitrogens is 1. The number of carbonyl (C=O) groups is 1. The molecule has 0 radical (unpaired) electrons. The van der Waals surface area contributed by atoms with Gasteiger partial charge in [0.15, 0.2) is 18.5 Å². The summed E-state index contributed by atoms with van der Waals surface area (Å²) in [5.41, 5.74) is 5.41. The number of hydrogen-bond acceptors (Lipinski definition) is 5. The molecule has 1 fully saturated rings. The number of pyridine rings is 1. The van der Waals surface area contributed by atoms with E-state index in [0.29, 0.717) is 0 Å².